The van der Waals surface area contributed by atoms with Crippen LogP contribution in [0.1, 0.15) is 37.3 Å². The Hall–Kier alpha value is -0.380. The summed E-state index contributed by atoms with van der Waals surface area (Å²) in [6.45, 7) is 1.09. The van der Waals surface area contributed by atoms with Crippen LogP contribution in [0.25, 0.3) is 0 Å². The highest BCUT2D eigenvalue weighted by Crippen LogP contribution is 2.26. The van der Waals surface area contributed by atoms with Gasteiger partial charge in [-0.05, 0) is 44.5 Å². The van der Waals surface area contributed by atoms with E-state index in [1.165, 1.54) is 24.8 Å². The minimum Gasteiger partial charge on any atom is -0.324 e. The van der Waals surface area contributed by atoms with Crippen molar-refractivity contribution in [3.05, 3.63) is 34.3 Å². The van der Waals surface area contributed by atoms with E-state index in [2.05, 4.69) is 46.1 Å². The lowest BCUT2D eigenvalue weighted by atomic mass is 9.91. The molecule has 1 aliphatic carbocycles. The Balaban J connectivity index is 1.84. The third-order valence-electron chi connectivity index (χ3n) is 3.80. The zero-order valence-corrected chi connectivity index (χ0v) is 12.0. The van der Waals surface area contributed by atoms with Crippen molar-refractivity contribution in [2.24, 2.45) is 5.73 Å². The number of halogens is 1. The molecule has 1 fully saturated rings. The molecule has 0 spiro atoms. The van der Waals surface area contributed by atoms with Crippen LogP contribution >= 0.6 is 15.9 Å². The average molecular weight is 297 g/mol. The quantitative estimate of drug-likeness (QED) is 0.903. The predicted octanol–water partition coefficient (Wildman–Crippen LogP) is 3.32. The van der Waals surface area contributed by atoms with Crippen molar-refractivity contribution in [3.63, 3.8) is 0 Å². The van der Waals surface area contributed by atoms with Gasteiger partial charge in [-0.3, -0.25) is 0 Å². The molecule has 1 aromatic rings. The fourth-order valence-corrected chi connectivity index (χ4v) is 2.86. The van der Waals surface area contributed by atoms with E-state index >= 15 is 0 Å². The largest absolute Gasteiger partial charge is 0.324 e. The van der Waals surface area contributed by atoms with Crippen LogP contribution in [-0.4, -0.2) is 24.5 Å². The topological polar surface area (TPSA) is 29.3 Å². The van der Waals surface area contributed by atoms with Crippen LogP contribution in [0, 0.1) is 0 Å². The molecule has 2 nitrogen and oxygen atoms in total. The summed E-state index contributed by atoms with van der Waals surface area (Å²) in [5.41, 5.74) is 7.46. The highest BCUT2D eigenvalue weighted by Gasteiger charge is 2.22. The average Bonchev–Trinajstić information content (AvgIpc) is 2.24. The normalized spacial score (nSPS) is 18.1. The highest BCUT2D eigenvalue weighted by molar-refractivity contribution is 9.10. The van der Waals surface area contributed by atoms with Gasteiger partial charge in [-0.2, -0.15) is 0 Å². The van der Waals surface area contributed by atoms with E-state index in [1.54, 1.807) is 0 Å². The van der Waals surface area contributed by atoms with Crippen LogP contribution in [0.3, 0.4) is 0 Å². The summed E-state index contributed by atoms with van der Waals surface area (Å²) in [4.78, 5) is 2.46. The first kappa shape index (κ1) is 13.1. The van der Waals surface area contributed by atoms with Crippen molar-refractivity contribution in [1.82, 2.24) is 4.90 Å². The standard InChI is InChI=1S/C14H21BrN2/c1-17(11-5-4-6-11)10-9-14(16)12-7-2-3-8-13(12)15/h2-3,7-8,11,14H,4-6,9-10,16H2,1H3. The van der Waals surface area contributed by atoms with Gasteiger partial charge in [0.15, 0.2) is 0 Å². The van der Waals surface area contributed by atoms with Crippen molar-refractivity contribution in [2.45, 2.75) is 37.8 Å². The first-order valence-electron chi connectivity index (χ1n) is 6.38. The van der Waals surface area contributed by atoms with Crippen LogP contribution in [0.4, 0.5) is 0 Å². The summed E-state index contributed by atoms with van der Waals surface area (Å²) in [7, 11) is 2.22. The molecule has 1 aliphatic rings. The Morgan fingerprint density at radius 2 is 2.12 bits per heavy atom. The molecule has 17 heavy (non-hydrogen) atoms. The fourth-order valence-electron chi connectivity index (χ4n) is 2.28. The molecule has 1 saturated carbocycles. The Kier molecular flexibility index (Phi) is 4.60. The second-order valence-electron chi connectivity index (χ2n) is 4.98. The van der Waals surface area contributed by atoms with Crippen LogP contribution in [0.5, 0.6) is 0 Å². The molecule has 1 aromatic carbocycles. The van der Waals surface area contributed by atoms with Gasteiger partial charge < -0.3 is 10.6 Å². The summed E-state index contributed by atoms with van der Waals surface area (Å²) >= 11 is 3.56. The smallest absolute Gasteiger partial charge is 0.0318 e. The molecule has 2 rings (SSSR count). The summed E-state index contributed by atoms with van der Waals surface area (Å²) in [5, 5.41) is 0. The van der Waals surface area contributed by atoms with E-state index in [4.69, 9.17) is 5.73 Å². The first-order chi connectivity index (χ1) is 8.18. The van der Waals surface area contributed by atoms with Gasteiger partial charge >= 0.3 is 0 Å². The van der Waals surface area contributed by atoms with Crippen molar-refractivity contribution in [2.75, 3.05) is 13.6 Å². The summed E-state index contributed by atoms with van der Waals surface area (Å²) < 4.78 is 1.12. The van der Waals surface area contributed by atoms with Gasteiger partial charge in [0.2, 0.25) is 0 Å². The summed E-state index contributed by atoms with van der Waals surface area (Å²) in [6.07, 6.45) is 5.14. The van der Waals surface area contributed by atoms with E-state index in [-0.39, 0.29) is 6.04 Å². The van der Waals surface area contributed by atoms with E-state index < -0.39 is 0 Å². The zero-order valence-electron chi connectivity index (χ0n) is 10.4. The highest BCUT2D eigenvalue weighted by atomic mass is 79.9. The Bertz CT molecular complexity index is 363. The Labute approximate surface area is 112 Å². The lowest BCUT2D eigenvalue weighted by molar-refractivity contribution is 0.155. The van der Waals surface area contributed by atoms with Gasteiger partial charge in [-0.15, -0.1) is 0 Å². The number of hydrogen-bond acceptors (Lipinski definition) is 2. The van der Waals surface area contributed by atoms with Crippen molar-refractivity contribution in [3.8, 4) is 0 Å². The lowest BCUT2D eigenvalue weighted by Gasteiger charge is -2.35. The van der Waals surface area contributed by atoms with Gasteiger partial charge in [0.25, 0.3) is 0 Å². The van der Waals surface area contributed by atoms with Crippen LogP contribution in [-0.2, 0) is 0 Å². The van der Waals surface area contributed by atoms with Gasteiger partial charge in [-0.1, -0.05) is 40.5 Å². The van der Waals surface area contributed by atoms with Crippen molar-refractivity contribution >= 4 is 15.9 Å². The molecule has 2 N–H and O–H groups in total. The molecule has 1 unspecified atom stereocenters. The van der Waals surface area contributed by atoms with Crippen LogP contribution in [0.15, 0.2) is 28.7 Å². The molecule has 3 heteroatoms. The van der Waals surface area contributed by atoms with E-state index in [1.807, 2.05) is 6.07 Å². The number of benzene rings is 1. The third-order valence-corrected chi connectivity index (χ3v) is 4.52. The minimum atomic E-state index is 0.133. The first-order valence-corrected chi connectivity index (χ1v) is 7.18. The van der Waals surface area contributed by atoms with Crippen molar-refractivity contribution in [1.29, 1.82) is 0 Å². The molecule has 1 atom stereocenters. The monoisotopic (exact) mass is 296 g/mol. The third kappa shape index (κ3) is 3.30. The summed E-state index contributed by atoms with van der Waals surface area (Å²) in [6, 6.07) is 9.19. The Morgan fingerprint density at radius 1 is 1.41 bits per heavy atom. The SMILES string of the molecule is CN(CCC(N)c1ccccc1Br)C1CCC1. The zero-order chi connectivity index (χ0) is 12.3. The molecule has 0 aromatic heterocycles. The molecule has 0 aliphatic heterocycles. The predicted molar refractivity (Wildman–Crippen MR) is 76.0 cm³/mol. The molecule has 0 saturated heterocycles. The molecule has 0 radical (unpaired) electrons. The summed E-state index contributed by atoms with van der Waals surface area (Å²) in [5.74, 6) is 0. The number of hydrogen-bond donors (Lipinski definition) is 1. The minimum absolute atomic E-state index is 0.133. The van der Waals surface area contributed by atoms with Gasteiger partial charge in [0.1, 0.15) is 0 Å². The number of rotatable bonds is 5. The lowest BCUT2D eigenvalue weighted by Crippen LogP contribution is -2.38. The molecular formula is C14H21BrN2. The maximum absolute atomic E-state index is 6.25. The molecule has 0 amide bonds. The van der Waals surface area contributed by atoms with E-state index in [9.17, 15) is 0 Å². The second kappa shape index (κ2) is 5.98. The number of nitrogens with zero attached hydrogens (tertiary/aromatic N) is 1. The van der Waals surface area contributed by atoms with Gasteiger partial charge in [0.05, 0.1) is 0 Å². The van der Waals surface area contributed by atoms with Gasteiger partial charge in [0, 0.05) is 16.6 Å². The second-order valence-corrected chi connectivity index (χ2v) is 5.84. The molecular weight excluding hydrogens is 276 g/mol. The fraction of sp³-hybridized carbons (Fsp3) is 0.571. The Morgan fingerprint density at radius 3 is 2.71 bits per heavy atom. The molecule has 94 valence electrons. The number of nitrogens with two attached hydrogens (primary N) is 1. The van der Waals surface area contributed by atoms with E-state index in [0.29, 0.717) is 0 Å². The van der Waals surface area contributed by atoms with E-state index in [0.717, 1.165) is 23.5 Å². The maximum atomic E-state index is 6.25. The van der Waals surface area contributed by atoms with Crippen LogP contribution < -0.4 is 5.73 Å². The van der Waals surface area contributed by atoms with Crippen molar-refractivity contribution < 1.29 is 0 Å². The van der Waals surface area contributed by atoms with Gasteiger partial charge in [-0.25, -0.2) is 0 Å². The molecule has 0 bridgehead atoms. The van der Waals surface area contributed by atoms with Crippen LogP contribution in [0.2, 0.25) is 0 Å². The maximum Gasteiger partial charge on any atom is 0.0318 e. The molecule has 0 heterocycles.